The van der Waals surface area contributed by atoms with E-state index in [9.17, 15) is 9.59 Å². The van der Waals surface area contributed by atoms with Gasteiger partial charge in [-0.3, -0.25) is 9.59 Å². The molecule has 274 valence electrons. The van der Waals surface area contributed by atoms with E-state index in [1.807, 2.05) is 0 Å². The number of hydrogen-bond donors (Lipinski definition) is 0. The second-order valence-corrected chi connectivity index (χ2v) is 11.1. The molecule has 0 saturated carbocycles. The monoisotopic (exact) mass is 664 g/mol. The second-order valence-electron chi connectivity index (χ2n) is 11.1. The lowest BCUT2D eigenvalue weighted by molar-refractivity contribution is -0.146. The van der Waals surface area contributed by atoms with E-state index >= 15 is 0 Å². The standard InChI is InChI=1S/C35H68O11/c1-3-5-7-9-10-11-12-13-15-17-35(37)46-33-31-44-29-27-42-25-23-40-21-19-38-18-20-39-22-24-41-26-28-43-30-32-45-34(36)16-14-8-6-4-2/h3-33H2,1-2H3. The van der Waals surface area contributed by atoms with Gasteiger partial charge in [-0.1, -0.05) is 84.5 Å². The predicted molar refractivity (Wildman–Crippen MR) is 178 cm³/mol. The molecule has 0 spiro atoms. The van der Waals surface area contributed by atoms with Crippen molar-refractivity contribution in [3.63, 3.8) is 0 Å². The summed E-state index contributed by atoms with van der Waals surface area (Å²) >= 11 is 0. The van der Waals surface area contributed by atoms with Gasteiger partial charge in [0.05, 0.1) is 92.5 Å². The lowest BCUT2D eigenvalue weighted by Gasteiger charge is -2.09. The van der Waals surface area contributed by atoms with Crippen molar-refractivity contribution in [2.45, 2.75) is 110 Å². The molecule has 11 heteroatoms. The molecule has 0 aromatic carbocycles. The van der Waals surface area contributed by atoms with Crippen LogP contribution in [0.3, 0.4) is 0 Å². The van der Waals surface area contributed by atoms with Crippen molar-refractivity contribution >= 4 is 11.9 Å². The first-order chi connectivity index (χ1) is 22.7. The van der Waals surface area contributed by atoms with Crippen LogP contribution in [0.2, 0.25) is 0 Å². The fraction of sp³-hybridized carbons (Fsp3) is 0.943. The third kappa shape index (κ3) is 38.8. The van der Waals surface area contributed by atoms with E-state index in [2.05, 4.69) is 13.8 Å². The molecule has 0 radical (unpaired) electrons. The summed E-state index contributed by atoms with van der Waals surface area (Å²) < 4.78 is 48.5. The largest absolute Gasteiger partial charge is 0.463 e. The van der Waals surface area contributed by atoms with Gasteiger partial charge in [-0.2, -0.15) is 0 Å². The van der Waals surface area contributed by atoms with E-state index < -0.39 is 0 Å². The number of carbonyl (C=O) groups excluding carboxylic acids is 2. The molecule has 0 heterocycles. The maximum atomic E-state index is 11.8. The van der Waals surface area contributed by atoms with Gasteiger partial charge in [-0.05, 0) is 12.8 Å². The van der Waals surface area contributed by atoms with Crippen molar-refractivity contribution < 1.29 is 52.2 Å². The molecule has 0 aromatic heterocycles. The molecular weight excluding hydrogens is 596 g/mol. The van der Waals surface area contributed by atoms with Gasteiger partial charge in [0.25, 0.3) is 0 Å². The van der Waals surface area contributed by atoms with Gasteiger partial charge in [0.1, 0.15) is 13.2 Å². The quantitative estimate of drug-likeness (QED) is 0.0562. The van der Waals surface area contributed by atoms with Crippen molar-refractivity contribution in [2.75, 3.05) is 106 Å². The lowest BCUT2D eigenvalue weighted by Crippen LogP contribution is -2.15. The summed E-state index contributed by atoms with van der Waals surface area (Å²) in [6, 6.07) is 0. The molecule has 46 heavy (non-hydrogen) atoms. The van der Waals surface area contributed by atoms with Gasteiger partial charge in [-0.15, -0.1) is 0 Å². The topological polar surface area (TPSA) is 117 Å². The molecule has 0 unspecified atom stereocenters. The van der Waals surface area contributed by atoms with Crippen LogP contribution >= 0.6 is 0 Å². The van der Waals surface area contributed by atoms with Crippen molar-refractivity contribution in [3.05, 3.63) is 0 Å². The summed E-state index contributed by atoms with van der Waals surface area (Å²) in [5.74, 6) is -0.290. The fourth-order valence-corrected chi connectivity index (χ4v) is 4.27. The number of esters is 2. The first-order valence-electron chi connectivity index (χ1n) is 18.1. The van der Waals surface area contributed by atoms with E-state index in [4.69, 9.17) is 42.6 Å². The van der Waals surface area contributed by atoms with E-state index in [1.165, 1.54) is 44.9 Å². The fourth-order valence-electron chi connectivity index (χ4n) is 4.27. The normalized spacial score (nSPS) is 11.3. The summed E-state index contributed by atoms with van der Waals surface area (Å²) in [6.45, 7) is 11.5. The van der Waals surface area contributed by atoms with Crippen molar-refractivity contribution in [1.82, 2.24) is 0 Å². The zero-order valence-corrected chi connectivity index (χ0v) is 29.4. The Hall–Kier alpha value is -1.34. The highest BCUT2D eigenvalue weighted by molar-refractivity contribution is 5.69. The molecule has 0 aliphatic heterocycles. The zero-order valence-electron chi connectivity index (χ0n) is 29.4. The predicted octanol–water partition coefficient (Wildman–Crippen LogP) is 6.08. The Bertz CT molecular complexity index is 621. The van der Waals surface area contributed by atoms with Gasteiger partial charge in [-0.25, -0.2) is 0 Å². The Morgan fingerprint density at radius 1 is 0.304 bits per heavy atom. The van der Waals surface area contributed by atoms with Crippen molar-refractivity contribution in [3.8, 4) is 0 Å². The van der Waals surface area contributed by atoms with Gasteiger partial charge in [0.15, 0.2) is 0 Å². The van der Waals surface area contributed by atoms with Crippen LogP contribution in [0, 0.1) is 0 Å². The summed E-state index contributed by atoms with van der Waals surface area (Å²) in [7, 11) is 0. The lowest BCUT2D eigenvalue weighted by atomic mass is 10.1. The average Bonchev–Trinajstić information content (AvgIpc) is 3.06. The van der Waals surface area contributed by atoms with Gasteiger partial charge < -0.3 is 42.6 Å². The average molecular weight is 665 g/mol. The van der Waals surface area contributed by atoms with E-state index in [-0.39, 0.29) is 25.2 Å². The van der Waals surface area contributed by atoms with E-state index in [1.54, 1.807) is 0 Å². The van der Waals surface area contributed by atoms with E-state index in [0.717, 1.165) is 38.5 Å². The van der Waals surface area contributed by atoms with Crippen LogP contribution in [-0.4, -0.2) is 118 Å². The van der Waals surface area contributed by atoms with Crippen LogP contribution in [0.5, 0.6) is 0 Å². The highest BCUT2D eigenvalue weighted by Crippen LogP contribution is 2.10. The third-order valence-electron chi connectivity index (χ3n) is 6.93. The van der Waals surface area contributed by atoms with Crippen LogP contribution in [0.1, 0.15) is 110 Å². The summed E-state index contributed by atoms with van der Waals surface area (Å²) in [5.41, 5.74) is 0. The minimum Gasteiger partial charge on any atom is -0.463 e. The van der Waals surface area contributed by atoms with Crippen LogP contribution in [0.15, 0.2) is 0 Å². The minimum atomic E-state index is -0.152. The first kappa shape index (κ1) is 44.7. The van der Waals surface area contributed by atoms with E-state index in [0.29, 0.717) is 105 Å². The summed E-state index contributed by atoms with van der Waals surface area (Å²) in [4.78, 5) is 23.3. The Labute approximate surface area is 279 Å². The number of rotatable bonds is 39. The smallest absolute Gasteiger partial charge is 0.305 e. The number of ether oxygens (including phenoxy) is 9. The number of carbonyl (C=O) groups is 2. The highest BCUT2D eigenvalue weighted by atomic mass is 16.6. The van der Waals surface area contributed by atoms with Crippen LogP contribution < -0.4 is 0 Å². The molecule has 0 atom stereocenters. The van der Waals surface area contributed by atoms with Crippen LogP contribution in [0.25, 0.3) is 0 Å². The van der Waals surface area contributed by atoms with Crippen LogP contribution in [0.4, 0.5) is 0 Å². The Morgan fingerprint density at radius 3 is 0.804 bits per heavy atom. The zero-order chi connectivity index (χ0) is 33.4. The first-order valence-corrected chi connectivity index (χ1v) is 18.1. The molecule has 0 aliphatic rings. The second kappa shape index (κ2) is 39.8. The van der Waals surface area contributed by atoms with Crippen molar-refractivity contribution in [2.24, 2.45) is 0 Å². The Kier molecular flexibility index (Phi) is 38.7. The maximum Gasteiger partial charge on any atom is 0.305 e. The van der Waals surface area contributed by atoms with Gasteiger partial charge in [0.2, 0.25) is 0 Å². The highest BCUT2D eigenvalue weighted by Gasteiger charge is 2.04. The van der Waals surface area contributed by atoms with Gasteiger partial charge in [0, 0.05) is 12.8 Å². The van der Waals surface area contributed by atoms with Crippen molar-refractivity contribution in [1.29, 1.82) is 0 Å². The number of hydrogen-bond acceptors (Lipinski definition) is 11. The molecular formula is C35H68O11. The molecule has 0 saturated heterocycles. The molecule has 0 bridgehead atoms. The molecule has 0 fully saturated rings. The molecule has 0 rings (SSSR count). The molecule has 0 aromatic rings. The Balaban J connectivity index is 3.15. The number of unbranched alkanes of at least 4 members (excludes halogenated alkanes) is 11. The maximum absolute atomic E-state index is 11.8. The summed E-state index contributed by atoms with van der Waals surface area (Å²) in [6.07, 6.45) is 16.4. The molecule has 11 nitrogen and oxygen atoms in total. The van der Waals surface area contributed by atoms with Gasteiger partial charge >= 0.3 is 11.9 Å². The molecule has 0 amide bonds. The molecule has 0 aliphatic carbocycles. The SMILES string of the molecule is CCCCCCCCCCCC(=O)OCCOCCOCCOCCOCCOCCOCCOCCOC(=O)CCCCCC. The Morgan fingerprint density at radius 2 is 0.522 bits per heavy atom. The van der Waals surface area contributed by atoms with Crippen LogP contribution in [-0.2, 0) is 52.2 Å². The summed E-state index contributed by atoms with van der Waals surface area (Å²) in [5, 5.41) is 0. The minimum absolute atomic E-state index is 0.138. The molecule has 0 N–H and O–H groups in total. The third-order valence-corrected chi connectivity index (χ3v) is 6.93.